The second-order valence-electron chi connectivity index (χ2n) is 1.80. The van der Waals surface area contributed by atoms with Crippen molar-refractivity contribution in [3.8, 4) is 0 Å². The number of alkyl halides is 4. The summed E-state index contributed by atoms with van der Waals surface area (Å²) in [6, 6.07) is 0. The van der Waals surface area contributed by atoms with Gasteiger partial charge in [-0.05, 0) is 3.23 Å². The van der Waals surface area contributed by atoms with Gasteiger partial charge in [0.15, 0.2) is 0 Å². The van der Waals surface area contributed by atoms with Crippen LogP contribution in [-0.4, -0.2) is 19.0 Å². The van der Waals surface area contributed by atoms with Gasteiger partial charge in [-0.3, -0.25) is 6.29 Å². The Morgan fingerprint density at radius 1 is 1.00 bits per heavy atom. The predicted octanol–water partition coefficient (Wildman–Crippen LogP) is 5.69. The summed E-state index contributed by atoms with van der Waals surface area (Å²) in [5, 5.41) is 0. The van der Waals surface area contributed by atoms with Gasteiger partial charge in [0, 0.05) is 69.9 Å². The topological polar surface area (TPSA) is 34.1 Å². The van der Waals surface area contributed by atoms with E-state index in [0.717, 1.165) is 0 Å². The molecule has 1 radical (unpaired) electrons. The molecule has 0 aromatic carbocycles. The fourth-order valence-corrected chi connectivity index (χ4v) is 0. The minimum atomic E-state index is -0.889. The third kappa shape index (κ3) is 69.6. The van der Waals surface area contributed by atoms with Crippen molar-refractivity contribution in [1.82, 2.24) is 0 Å². The Morgan fingerprint density at radius 3 is 1.11 bits per heavy atom. The molecule has 0 aliphatic heterocycles. The molecular weight excluding hydrogens is 879 g/mol. The van der Waals surface area contributed by atoms with Gasteiger partial charge in [0.1, 0.15) is 0 Å². The van der Waals surface area contributed by atoms with Crippen LogP contribution in [0.25, 0.3) is 0 Å². The van der Waals surface area contributed by atoms with Crippen LogP contribution in [0.1, 0.15) is 6.92 Å². The molecule has 0 amide bonds. The van der Waals surface area contributed by atoms with Gasteiger partial charge >= 0.3 is 32.7 Å². The molecule has 0 fully saturated rings. The molecule has 0 aliphatic carbocycles. The van der Waals surface area contributed by atoms with Crippen molar-refractivity contribution in [3.05, 3.63) is 21.8 Å². The molecule has 0 saturated carbocycles. The first kappa shape index (κ1) is 43.5. The number of halogens is 6. The van der Waals surface area contributed by atoms with E-state index >= 15 is 0 Å². The SMILES string of the molecule is CC(Br)(Br)[C-]=O.II.[CH2-]C(Br)(Br)[C-]=O.[CH3-].[CH3-].[Y+3].[Y]. The molecule has 105 valence electrons. The maximum absolute atomic E-state index is 9.61. The molecule has 2 nitrogen and oxygen atoms in total. The van der Waals surface area contributed by atoms with Gasteiger partial charge in [0.25, 0.3) is 0 Å². The van der Waals surface area contributed by atoms with Crippen LogP contribution in [0.5, 0.6) is 0 Å². The first-order valence-corrected chi connectivity index (χ1v) is 12.1. The summed E-state index contributed by atoms with van der Waals surface area (Å²) in [6.45, 7) is 4.95. The Balaban J connectivity index is -0.0000000197. The molecule has 0 bridgehead atoms. The monoisotopic (exact) mass is 886 g/mol. The zero-order valence-corrected chi connectivity index (χ0v) is 26.3. The van der Waals surface area contributed by atoms with Gasteiger partial charge in [0.2, 0.25) is 0 Å². The van der Waals surface area contributed by atoms with Gasteiger partial charge in [-0.15, -0.1) is 67.0 Å². The van der Waals surface area contributed by atoms with E-state index in [4.69, 9.17) is 0 Å². The second kappa shape index (κ2) is 26.8. The van der Waals surface area contributed by atoms with E-state index in [0.29, 0.717) is 0 Å². The molecule has 0 spiro atoms. The van der Waals surface area contributed by atoms with Gasteiger partial charge in [0.05, 0.1) is 0 Å². The molecule has 18 heavy (non-hydrogen) atoms. The molecule has 0 heterocycles. The quantitative estimate of drug-likeness (QED) is 0.203. The fraction of sp³-hybridized carbons (Fsp3) is 0.375. The van der Waals surface area contributed by atoms with Crippen LogP contribution in [0.3, 0.4) is 0 Å². The Kier molecular flexibility index (Phi) is 64.7. The van der Waals surface area contributed by atoms with Crippen molar-refractivity contribution in [2.24, 2.45) is 0 Å². The van der Waals surface area contributed by atoms with Crippen molar-refractivity contribution in [3.63, 3.8) is 0 Å². The zero-order valence-electron chi connectivity index (χ0n) is 9.95. The Hall–Kier alpha value is 4.93. The number of hydrogen-bond donors (Lipinski definition) is 0. The summed E-state index contributed by atoms with van der Waals surface area (Å²) in [4.78, 5) is 19.2. The summed E-state index contributed by atoms with van der Waals surface area (Å²) in [7, 11) is 0. The average Bonchev–Trinajstić information content (AvgIpc) is 2.07. The van der Waals surface area contributed by atoms with Crippen LogP contribution in [0.15, 0.2) is 0 Å². The number of carbonyl (C=O) groups excluding carboxylic acids is 2. The van der Waals surface area contributed by atoms with Crippen molar-refractivity contribution < 1.29 is 75.0 Å². The van der Waals surface area contributed by atoms with Crippen molar-refractivity contribution in [2.45, 2.75) is 13.4 Å². The maximum Gasteiger partial charge on any atom is 3.00 e. The van der Waals surface area contributed by atoms with E-state index in [1.807, 2.05) is 0 Å². The molecular formula is C8H11Br4I2O2Y2-2. The fourth-order valence-electron chi connectivity index (χ4n) is 0. The summed E-state index contributed by atoms with van der Waals surface area (Å²) in [5.74, 6) is 0. The van der Waals surface area contributed by atoms with Crippen molar-refractivity contribution in [1.29, 1.82) is 0 Å². The van der Waals surface area contributed by atoms with Gasteiger partial charge in [-0.25, -0.2) is 6.29 Å². The average molecular weight is 890 g/mol. The summed E-state index contributed by atoms with van der Waals surface area (Å²) >= 11 is 15.9. The number of hydrogen-bond acceptors (Lipinski definition) is 2. The summed E-state index contributed by atoms with van der Waals surface area (Å²) in [5.41, 5.74) is 0. The van der Waals surface area contributed by atoms with Crippen LogP contribution in [-0.2, 0) is 75.0 Å². The smallest absolute Gasteiger partial charge is 0.542 e. The normalized spacial score (nSPS) is 7.78. The molecule has 0 saturated heterocycles. The third-order valence-electron chi connectivity index (χ3n) is 0.329. The molecule has 0 rings (SSSR count). The van der Waals surface area contributed by atoms with Crippen molar-refractivity contribution in [2.75, 3.05) is 0 Å². The van der Waals surface area contributed by atoms with E-state index in [-0.39, 0.29) is 80.3 Å². The first-order valence-electron chi connectivity index (χ1n) is 2.66. The largest absolute Gasteiger partial charge is 3.00 e. The van der Waals surface area contributed by atoms with Crippen LogP contribution < -0.4 is 0 Å². The third-order valence-corrected chi connectivity index (χ3v) is 0.976. The first-order chi connectivity index (χ1) is 6.12. The molecule has 0 N–H and O–H groups in total. The van der Waals surface area contributed by atoms with Gasteiger partial charge in [-0.1, -0.05) is 6.92 Å². The van der Waals surface area contributed by atoms with E-state index in [1.54, 1.807) is 19.5 Å². The Bertz CT molecular complexity index is 146. The molecule has 0 aromatic heterocycles. The Morgan fingerprint density at radius 2 is 1.11 bits per heavy atom. The maximum atomic E-state index is 9.61. The standard InChI is InChI=1S/C3H3Br2O.C3H2Br2O.2CH3.I2.2Y/c2*1-3(4,5)2-6;;;1-2;;/h1H3;1H2;2*1H3;;;/q-1;-2;2*-1;;;+3. The van der Waals surface area contributed by atoms with Crippen molar-refractivity contribution >= 4 is 114 Å². The van der Waals surface area contributed by atoms with E-state index in [2.05, 4.69) is 108 Å². The van der Waals surface area contributed by atoms with Crippen LogP contribution in [0.2, 0.25) is 0 Å². The van der Waals surface area contributed by atoms with E-state index in [9.17, 15) is 9.59 Å². The zero-order chi connectivity index (χ0) is 12.4. The predicted molar refractivity (Wildman–Crippen MR) is 104 cm³/mol. The minimum absolute atomic E-state index is 0. The van der Waals surface area contributed by atoms with Gasteiger partial charge in [-0.2, -0.15) is 0 Å². The van der Waals surface area contributed by atoms with Gasteiger partial charge < -0.3 is 31.4 Å². The molecule has 0 atom stereocenters. The van der Waals surface area contributed by atoms with Crippen LogP contribution in [0, 0.1) is 21.8 Å². The van der Waals surface area contributed by atoms with Crippen LogP contribution >= 0.6 is 101 Å². The number of rotatable bonds is 2. The summed E-state index contributed by atoms with van der Waals surface area (Å²) < 4.78 is -1.53. The summed E-state index contributed by atoms with van der Waals surface area (Å²) in [6.07, 6.45) is 3.26. The second-order valence-corrected chi connectivity index (χ2v) is 9.80. The van der Waals surface area contributed by atoms with E-state index in [1.165, 1.54) is 0 Å². The Labute approximate surface area is 218 Å². The van der Waals surface area contributed by atoms with Crippen LogP contribution in [0.4, 0.5) is 0 Å². The molecule has 0 aromatic rings. The van der Waals surface area contributed by atoms with E-state index < -0.39 is 6.47 Å². The molecule has 10 heteroatoms. The minimum Gasteiger partial charge on any atom is -0.542 e. The molecule has 0 unspecified atom stereocenters. The molecule has 0 aliphatic rings.